The summed E-state index contributed by atoms with van der Waals surface area (Å²) in [6.45, 7) is 1.64. The Balaban J connectivity index is 3.03. The Kier molecular flexibility index (Phi) is 13.0. The molecule has 0 aliphatic carbocycles. The summed E-state index contributed by atoms with van der Waals surface area (Å²) in [7, 11) is 0. The van der Waals surface area contributed by atoms with E-state index in [4.69, 9.17) is 17.2 Å². The Morgan fingerprint density at radius 3 is 1.95 bits per heavy atom. The molecule has 0 fully saturated rings. The van der Waals surface area contributed by atoms with Gasteiger partial charge in [-0.1, -0.05) is 12.1 Å². The zero-order valence-electron chi connectivity index (χ0n) is 20.6. The van der Waals surface area contributed by atoms with Crippen LogP contribution in [0.1, 0.15) is 38.2 Å². The van der Waals surface area contributed by atoms with E-state index < -0.39 is 66.3 Å². The van der Waals surface area contributed by atoms with Gasteiger partial charge in [-0.2, -0.15) is 0 Å². The SMILES string of the molecule is CC(O)C(N)C(=O)NC(CCCCN)C(=O)NC(CC(N)=O)C(=O)NC(Cc1ccc(O)cc1)C(=O)O. The highest BCUT2D eigenvalue weighted by atomic mass is 16.4. The third-order valence-corrected chi connectivity index (χ3v) is 5.43. The molecule has 0 saturated heterocycles. The number of aliphatic hydroxyl groups is 1. The number of amides is 4. The minimum Gasteiger partial charge on any atom is -0.508 e. The fraction of sp³-hybridized carbons (Fsp3) is 0.522. The number of aromatic hydroxyl groups is 1. The number of hydrogen-bond donors (Lipinski definition) is 9. The topological polar surface area (TPSA) is 260 Å². The van der Waals surface area contributed by atoms with Crippen molar-refractivity contribution >= 4 is 29.6 Å². The van der Waals surface area contributed by atoms with Crippen LogP contribution in [0.3, 0.4) is 0 Å². The Hall–Kier alpha value is -3.75. The van der Waals surface area contributed by atoms with Crippen LogP contribution in [0, 0.1) is 0 Å². The van der Waals surface area contributed by atoms with E-state index in [-0.39, 0.29) is 18.6 Å². The highest BCUT2D eigenvalue weighted by Crippen LogP contribution is 2.12. The van der Waals surface area contributed by atoms with Crippen LogP contribution >= 0.6 is 0 Å². The Morgan fingerprint density at radius 2 is 1.43 bits per heavy atom. The number of phenolic OH excluding ortho intramolecular Hbond substituents is 1. The van der Waals surface area contributed by atoms with Crippen LogP contribution < -0.4 is 33.2 Å². The second-order valence-corrected chi connectivity index (χ2v) is 8.61. The van der Waals surface area contributed by atoms with Gasteiger partial charge in [0.15, 0.2) is 0 Å². The lowest BCUT2D eigenvalue weighted by Gasteiger charge is -2.25. The van der Waals surface area contributed by atoms with E-state index in [0.29, 0.717) is 24.9 Å². The lowest BCUT2D eigenvalue weighted by Crippen LogP contribution is -2.58. The molecule has 5 atom stereocenters. The molecule has 0 bridgehead atoms. The van der Waals surface area contributed by atoms with Gasteiger partial charge in [-0.25, -0.2) is 4.79 Å². The summed E-state index contributed by atoms with van der Waals surface area (Å²) >= 11 is 0. The summed E-state index contributed by atoms with van der Waals surface area (Å²) in [4.78, 5) is 61.5. The van der Waals surface area contributed by atoms with Crippen LogP contribution in [0.2, 0.25) is 0 Å². The summed E-state index contributed by atoms with van der Waals surface area (Å²) < 4.78 is 0. The van der Waals surface area contributed by atoms with Gasteiger partial charge in [0.05, 0.1) is 12.5 Å². The monoisotopic (exact) mass is 524 g/mol. The lowest BCUT2D eigenvalue weighted by atomic mass is 10.0. The molecule has 206 valence electrons. The molecular formula is C23H36N6O8. The maximum atomic E-state index is 13.0. The van der Waals surface area contributed by atoms with Gasteiger partial charge in [-0.3, -0.25) is 19.2 Å². The Morgan fingerprint density at radius 1 is 0.892 bits per heavy atom. The van der Waals surface area contributed by atoms with E-state index in [0.717, 1.165) is 0 Å². The molecule has 4 amide bonds. The average molecular weight is 525 g/mol. The van der Waals surface area contributed by atoms with Gasteiger partial charge in [0, 0.05) is 6.42 Å². The van der Waals surface area contributed by atoms with Gasteiger partial charge in [0.25, 0.3) is 0 Å². The zero-order chi connectivity index (χ0) is 28.1. The molecule has 1 rings (SSSR count). The Bertz CT molecular complexity index is 940. The van der Waals surface area contributed by atoms with Crippen molar-refractivity contribution in [1.82, 2.24) is 16.0 Å². The quantitative estimate of drug-likeness (QED) is 0.100. The van der Waals surface area contributed by atoms with Crippen LogP contribution in [0.15, 0.2) is 24.3 Å². The molecule has 14 heteroatoms. The average Bonchev–Trinajstić information content (AvgIpc) is 2.82. The number of nitrogens with one attached hydrogen (secondary N) is 3. The fourth-order valence-corrected chi connectivity index (χ4v) is 3.27. The number of nitrogens with two attached hydrogens (primary N) is 3. The molecule has 0 aromatic heterocycles. The number of aliphatic hydroxyl groups excluding tert-OH is 1. The van der Waals surface area contributed by atoms with Gasteiger partial charge in [0.2, 0.25) is 23.6 Å². The van der Waals surface area contributed by atoms with Crippen molar-refractivity contribution in [2.45, 2.75) is 69.3 Å². The lowest BCUT2D eigenvalue weighted by molar-refractivity contribution is -0.142. The number of unbranched alkanes of at least 4 members (excludes halogenated alkanes) is 1. The molecule has 5 unspecified atom stereocenters. The molecule has 0 aliphatic rings. The third kappa shape index (κ3) is 11.2. The number of aliphatic carboxylic acids is 1. The largest absolute Gasteiger partial charge is 0.508 e. The van der Waals surface area contributed by atoms with Crippen molar-refractivity contribution in [2.75, 3.05) is 6.54 Å². The van der Waals surface area contributed by atoms with Crippen molar-refractivity contribution in [3.8, 4) is 5.75 Å². The first-order valence-electron chi connectivity index (χ1n) is 11.7. The number of hydrogen-bond acceptors (Lipinski definition) is 9. The summed E-state index contributed by atoms with van der Waals surface area (Å²) in [5.41, 5.74) is 16.8. The molecule has 37 heavy (non-hydrogen) atoms. The summed E-state index contributed by atoms with van der Waals surface area (Å²) in [5.74, 6) is -4.96. The minimum atomic E-state index is -1.54. The number of carbonyl (C=O) groups is 5. The number of rotatable bonds is 16. The van der Waals surface area contributed by atoms with E-state index in [1.54, 1.807) is 0 Å². The van der Waals surface area contributed by atoms with Crippen molar-refractivity contribution in [2.24, 2.45) is 17.2 Å². The van der Waals surface area contributed by atoms with Crippen molar-refractivity contribution in [3.63, 3.8) is 0 Å². The van der Waals surface area contributed by atoms with Crippen LogP contribution in [0.25, 0.3) is 0 Å². The molecule has 0 aliphatic heterocycles. The van der Waals surface area contributed by atoms with Crippen LogP contribution in [0.5, 0.6) is 5.75 Å². The summed E-state index contributed by atoms with van der Waals surface area (Å²) in [6.07, 6.45) is -0.898. The first-order chi connectivity index (χ1) is 17.3. The Labute approximate surface area is 213 Å². The molecular weight excluding hydrogens is 488 g/mol. The highest BCUT2D eigenvalue weighted by molar-refractivity contribution is 5.96. The molecule has 14 nitrogen and oxygen atoms in total. The number of phenols is 1. The van der Waals surface area contributed by atoms with Gasteiger partial charge in [0.1, 0.15) is 29.9 Å². The van der Waals surface area contributed by atoms with Gasteiger partial charge in [-0.05, 0) is 50.4 Å². The second kappa shape index (κ2) is 15.4. The molecule has 12 N–H and O–H groups in total. The second-order valence-electron chi connectivity index (χ2n) is 8.61. The fourth-order valence-electron chi connectivity index (χ4n) is 3.27. The minimum absolute atomic E-state index is 0.0218. The normalized spacial score (nSPS) is 14.9. The van der Waals surface area contributed by atoms with E-state index >= 15 is 0 Å². The number of primary amides is 1. The maximum absolute atomic E-state index is 13.0. The smallest absolute Gasteiger partial charge is 0.326 e. The van der Waals surface area contributed by atoms with Crippen LogP contribution in [-0.4, -0.2) is 81.7 Å². The summed E-state index contributed by atoms with van der Waals surface area (Å²) in [6, 6.07) is 0.215. The zero-order valence-corrected chi connectivity index (χ0v) is 20.6. The van der Waals surface area contributed by atoms with E-state index in [2.05, 4.69) is 16.0 Å². The summed E-state index contributed by atoms with van der Waals surface area (Å²) in [5, 5.41) is 35.5. The van der Waals surface area contributed by atoms with E-state index in [1.165, 1.54) is 31.2 Å². The van der Waals surface area contributed by atoms with Crippen LogP contribution in [0.4, 0.5) is 0 Å². The standard InChI is InChI=1S/C23H36N6O8/c1-12(30)19(26)22(35)27-15(4-2-3-9-24)20(33)28-16(11-18(25)32)21(34)29-17(23(36)37)10-13-5-7-14(31)8-6-13/h5-8,12,15-17,19,30-31H,2-4,9-11,24,26H2,1H3,(H2,25,32)(H,27,35)(H,28,33)(H,29,34)(H,36,37). The highest BCUT2D eigenvalue weighted by Gasteiger charge is 2.31. The molecule has 1 aromatic rings. The first kappa shape index (κ1) is 31.3. The van der Waals surface area contributed by atoms with Gasteiger partial charge >= 0.3 is 5.97 Å². The predicted octanol–water partition coefficient (Wildman–Crippen LogP) is -2.81. The van der Waals surface area contributed by atoms with Gasteiger partial charge < -0.3 is 48.5 Å². The maximum Gasteiger partial charge on any atom is 0.326 e. The number of carbonyl (C=O) groups excluding carboxylic acids is 4. The molecule has 0 radical (unpaired) electrons. The predicted molar refractivity (Wildman–Crippen MR) is 132 cm³/mol. The third-order valence-electron chi connectivity index (χ3n) is 5.43. The molecule has 0 saturated carbocycles. The number of carboxylic acids is 1. The van der Waals surface area contributed by atoms with Gasteiger partial charge in [-0.15, -0.1) is 0 Å². The van der Waals surface area contributed by atoms with Crippen molar-refractivity contribution in [3.05, 3.63) is 29.8 Å². The van der Waals surface area contributed by atoms with E-state index in [1.807, 2.05) is 0 Å². The first-order valence-corrected chi connectivity index (χ1v) is 11.7. The number of benzene rings is 1. The van der Waals surface area contributed by atoms with Crippen molar-refractivity contribution < 1.29 is 39.3 Å². The van der Waals surface area contributed by atoms with Crippen LogP contribution in [-0.2, 0) is 30.4 Å². The number of carboxylic acid groups (broad SMARTS) is 1. The molecule has 0 spiro atoms. The van der Waals surface area contributed by atoms with Crippen molar-refractivity contribution in [1.29, 1.82) is 0 Å². The molecule has 0 heterocycles. The molecule has 1 aromatic carbocycles. The van der Waals surface area contributed by atoms with E-state index in [9.17, 15) is 39.3 Å².